The molecular formula is C21H33N5O3S. The van der Waals surface area contributed by atoms with Gasteiger partial charge in [-0.25, -0.2) is 0 Å². The number of thioether (sulfide) groups is 1. The summed E-state index contributed by atoms with van der Waals surface area (Å²) < 4.78 is 1.50. The minimum absolute atomic E-state index is 0.165. The third-order valence-corrected chi connectivity index (χ3v) is 7.29. The molecule has 2 heterocycles. The summed E-state index contributed by atoms with van der Waals surface area (Å²) in [7, 11) is 1.64. The molecule has 0 bridgehead atoms. The number of hydrogen-bond donors (Lipinski definition) is 2. The second-order valence-electron chi connectivity index (χ2n) is 8.39. The maximum atomic E-state index is 13.0. The molecular weight excluding hydrogens is 402 g/mol. The van der Waals surface area contributed by atoms with Crippen molar-refractivity contribution in [3.05, 3.63) is 17.5 Å². The fourth-order valence-electron chi connectivity index (χ4n) is 3.96. The van der Waals surface area contributed by atoms with Crippen molar-refractivity contribution in [1.82, 2.24) is 25.3 Å². The molecule has 1 aromatic rings. The lowest BCUT2D eigenvalue weighted by atomic mass is 9.95. The zero-order valence-electron chi connectivity index (χ0n) is 18.2. The molecule has 1 aliphatic carbocycles. The number of fused-ring (bicyclic) bond motifs is 1. The average Bonchev–Trinajstić information content (AvgIpc) is 3.38. The molecule has 8 nitrogen and oxygen atoms in total. The van der Waals surface area contributed by atoms with E-state index < -0.39 is 5.54 Å². The first-order chi connectivity index (χ1) is 14.4. The molecule has 0 saturated heterocycles. The van der Waals surface area contributed by atoms with Crippen LogP contribution in [0.15, 0.2) is 6.07 Å². The first kappa shape index (κ1) is 22.7. The third-order valence-electron chi connectivity index (χ3n) is 6.01. The molecule has 0 radical (unpaired) electrons. The van der Waals surface area contributed by atoms with E-state index >= 15 is 0 Å². The van der Waals surface area contributed by atoms with Crippen LogP contribution in [0.4, 0.5) is 0 Å². The van der Waals surface area contributed by atoms with Gasteiger partial charge in [-0.2, -0.15) is 16.9 Å². The second-order valence-corrected chi connectivity index (χ2v) is 9.61. The van der Waals surface area contributed by atoms with E-state index in [1.54, 1.807) is 14.0 Å². The number of likely N-dealkylation sites (N-methyl/N-ethyl adjacent to an activating group) is 1. The van der Waals surface area contributed by atoms with Crippen LogP contribution in [-0.4, -0.2) is 69.1 Å². The minimum atomic E-state index is -1.04. The van der Waals surface area contributed by atoms with Gasteiger partial charge >= 0.3 is 0 Å². The maximum Gasteiger partial charge on any atom is 0.272 e. The van der Waals surface area contributed by atoms with Gasteiger partial charge in [0.2, 0.25) is 5.91 Å². The highest BCUT2D eigenvalue weighted by Gasteiger charge is 2.46. The SMILES string of the molecule is CCCSCCCNC(=O)c1cc2n(n1)C[C@](C)(C(=O)NC1CCCC1)N(C)C2=O. The van der Waals surface area contributed by atoms with Crippen LogP contribution in [0.5, 0.6) is 0 Å². The molecule has 30 heavy (non-hydrogen) atoms. The first-order valence-corrected chi connectivity index (χ1v) is 12.0. The number of carbonyl (C=O) groups excluding carboxylic acids is 3. The van der Waals surface area contributed by atoms with E-state index in [0.717, 1.165) is 50.0 Å². The highest BCUT2D eigenvalue weighted by Crippen LogP contribution is 2.27. The Morgan fingerprint density at radius 3 is 2.73 bits per heavy atom. The van der Waals surface area contributed by atoms with Crippen molar-refractivity contribution in [3.63, 3.8) is 0 Å². The van der Waals surface area contributed by atoms with Crippen LogP contribution in [0.25, 0.3) is 0 Å². The summed E-state index contributed by atoms with van der Waals surface area (Å²) in [6.07, 6.45) is 6.24. The van der Waals surface area contributed by atoms with E-state index in [9.17, 15) is 14.4 Å². The highest BCUT2D eigenvalue weighted by atomic mass is 32.2. The van der Waals surface area contributed by atoms with Gasteiger partial charge in [0.05, 0.1) is 6.54 Å². The van der Waals surface area contributed by atoms with Gasteiger partial charge in [-0.05, 0) is 44.1 Å². The number of aromatic nitrogens is 2. The quantitative estimate of drug-likeness (QED) is 0.579. The molecule has 9 heteroatoms. The summed E-state index contributed by atoms with van der Waals surface area (Å²) in [5, 5.41) is 10.3. The van der Waals surface area contributed by atoms with E-state index in [-0.39, 0.29) is 36.0 Å². The number of hydrogen-bond acceptors (Lipinski definition) is 5. The summed E-state index contributed by atoms with van der Waals surface area (Å²) in [5.41, 5.74) is -0.483. The van der Waals surface area contributed by atoms with E-state index in [2.05, 4.69) is 22.7 Å². The van der Waals surface area contributed by atoms with Crippen molar-refractivity contribution in [1.29, 1.82) is 0 Å². The molecule has 1 aliphatic heterocycles. The Morgan fingerprint density at radius 1 is 1.30 bits per heavy atom. The van der Waals surface area contributed by atoms with E-state index in [1.807, 2.05) is 11.8 Å². The summed E-state index contributed by atoms with van der Waals surface area (Å²) in [6, 6.07) is 1.70. The molecule has 166 valence electrons. The number of nitrogens with zero attached hydrogens (tertiary/aromatic N) is 3. The van der Waals surface area contributed by atoms with Gasteiger partial charge in [0, 0.05) is 25.7 Å². The van der Waals surface area contributed by atoms with Crippen LogP contribution in [-0.2, 0) is 11.3 Å². The number of rotatable bonds is 9. The Bertz CT molecular complexity index is 790. The normalized spacial score (nSPS) is 21.6. The molecule has 0 spiro atoms. The third kappa shape index (κ3) is 4.82. The monoisotopic (exact) mass is 435 g/mol. The molecule has 3 rings (SSSR count). The van der Waals surface area contributed by atoms with E-state index in [4.69, 9.17) is 0 Å². The smallest absolute Gasteiger partial charge is 0.272 e. The van der Waals surface area contributed by atoms with Crippen molar-refractivity contribution in [2.24, 2.45) is 0 Å². The molecule has 2 aliphatic rings. The molecule has 2 N–H and O–H groups in total. The second kappa shape index (κ2) is 9.85. The van der Waals surface area contributed by atoms with Gasteiger partial charge in [0.15, 0.2) is 5.69 Å². The van der Waals surface area contributed by atoms with Crippen LogP contribution in [0, 0.1) is 0 Å². The summed E-state index contributed by atoms with van der Waals surface area (Å²) in [5.74, 6) is 1.38. The largest absolute Gasteiger partial charge is 0.351 e. The Labute approximate surface area is 182 Å². The standard InChI is InChI=1S/C21H33N5O3S/c1-4-11-30-12-7-10-22-18(27)16-13-17-19(28)25(3)21(2,14-26(17)24-16)20(29)23-15-8-5-6-9-15/h13,15H,4-12,14H2,1-3H3,(H,22,27)(H,23,29)/t21-/m1/s1. The van der Waals surface area contributed by atoms with Crippen molar-refractivity contribution in [2.45, 2.75) is 70.5 Å². The zero-order valence-corrected chi connectivity index (χ0v) is 19.0. The predicted molar refractivity (Wildman–Crippen MR) is 118 cm³/mol. The Hall–Kier alpha value is -2.03. The lowest BCUT2D eigenvalue weighted by Gasteiger charge is -2.41. The molecule has 1 atom stereocenters. The molecule has 1 fully saturated rings. The molecule has 0 unspecified atom stereocenters. The maximum absolute atomic E-state index is 13.0. The molecule has 3 amide bonds. The Kier molecular flexibility index (Phi) is 7.44. The number of amides is 3. The van der Waals surface area contributed by atoms with Crippen molar-refractivity contribution in [3.8, 4) is 0 Å². The molecule has 1 aromatic heterocycles. The lowest BCUT2D eigenvalue weighted by Crippen LogP contribution is -2.63. The van der Waals surface area contributed by atoms with Crippen LogP contribution in [0.2, 0.25) is 0 Å². The number of nitrogens with one attached hydrogen (secondary N) is 2. The van der Waals surface area contributed by atoms with Gasteiger partial charge in [-0.3, -0.25) is 19.1 Å². The molecule has 1 saturated carbocycles. The predicted octanol–water partition coefficient (Wildman–Crippen LogP) is 2.05. The van der Waals surface area contributed by atoms with Crippen molar-refractivity contribution >= 4 is 29.5 Å². The Morgan fingerprint density at radius 2 is 2.03 bits per heavy atom. The van der Waals surface area contributed by atoms with Crippen LogP contribution < -0.4 is 10.6 Å². The summed E-state index contributed by atoms with van der Waals surface area (Å²) in [6.45, 7) is 4.71. The van der Waals surface area contributed by atoms with Crippen LogP contribution in [0.3, 0.4) is 0 Å². The van der Waals surface area contributed by atoms with Gasteiger partial charge in [0.25, 0.3) is 11.8 Å². The Balaban J connectivity index is 1.64. The topological polar surface area (TPSA) is 96.3 Å². The minimum Gasteiger partial charge on any atom is -0.351 e. The van der Waals surface area contributed by atoms with Crippen LogP contribution >= 0.6 is 11.8 Å². The van der Waals surface area contributed by atoms with Gasteiger partial charge < -0.3 is 15.5 Å². The lowest BCUT2D eigenvalue weighted by molar-refractivity contribution is -0.133. The number of carbonyl (C=O) groups is 3. The molecule has 0 aromatic carbocycles. The van der Waals surface area contributed by atoms with Crippen molar-refractivity contribution in [2.75, 3.05) is 25.1 Å². The van der Waals surface area contributed by atoms with E-state index in [1.165, 1.54) is 15.6 Å². The summed E-state index contributed by atoms with van der Waals surface area (Å²) >= 11 is 1.88. The van der Waals surface area contributed by atoms with Crippen molar-refractivity contribution < 1.29 is 14.4 Å². The van der Waals surface area contributed by atoms with Gasteiger partial charge in [0.1, 0.15) is 11.2 Å². The van der Waals surface area contributed by atoms with E-state index in [0.29, 0.717) is 12.2 Å². The fourth-order valence-corrected chi connectivity index (χ4v) is 4.80. The zero-order chi connectivity index (χ0) is 21.7. The first-order valence-electron chi connectivity index (χ1n) is 10.9. The van der Waals surface area contributed by atoms with Crippen LogP contribution in [0.1, 0.15) is 73.3 Å². The summed E-state index contributed by atoms with van der Waals surface area (Å²) in [4.78, 5) is 39.9. The van der Waals surface area contributed by atoms with Gasteiger partial charge in [-0.1, -0.05) is 19.8 Å². The fraction of sp³-hybridized carbons (Fsp3) is 0.714. The average molecular weight is 436 g/mol. The highest BCUT2D eigenvalue weighted by molar-refractivity contribution is 7.99. The van der Waals surface area contributed by atoms with Gasteiger partial charge in [-0.15, -0.1) is 0 Å².